The number of methoxy groups -OCH3 is 1. The average Bonchev–Trinajstić information content (AvgIpc) is 3.51. The number of carbonyl (C=O) groups is 2. The van der Waals surface area contributed by atoms with E-state index in [0.717, 1.165) is 40.7 Å². The molecule has 0 aliphatic heterocycles. The second kappa shape index (κ2) is 10.00. The van der Waals surface area contributed by atoms with Crippen LogP contribution in [0.2, 0.25) is 0 Å². The van der Waals surface area contributed by atoms with Crippen molar-refractivity contribution in [3.63, 3.8) is 0 Å². The number of aryl methyl sites for hydroxylation is 1. The molecule has 9 nitrogen and oxygen atoms in total. The summed E-state index contributed by atoms with van der Waals surface area (Å²) in [5.74, 6) is 0.249. The van der Waals surface area contributed by atoms with Gasteiger partial charge >= 0.3 is 12.1 Å². The molecule has 1 amide bonds. The van der Waals surface area contributed by atoms with Crippen molar-refractivity contribution in [2.24, 2.45) is 0 Å². The van der Waals surface area contributed by atoms with Crippen molar-refractivity contribution in [3.8, 4) is 22.5 Å². The molecule has 1 fully saturated rings. The molecule has 2 aromatic heterocycles. The number of benzene rings is 3. The van der Waals surface area contributed by atoms with E-state index in [-0.39, 0.29) is 5.97 Å². The fourth-order valence-electron chi connectivity index (χ4n) is 5.03. The molecule has 0 radical (unpaired) electrons. The summed E-state index contributed by atoms with van der Waals surface area (Å²) in [5, 5.41) is 6.84. The topological polar surface area (TPSA) is 117 Å². The summed E-state index contributed by atoms with van der Waals surface area (Å²) < 4.78 is 21.6. The number of anilines is 1. The summed E-state index contributed by atoms with van der Waals surface area (Å²) in [7, 11) is 1.43. The van der Waals surface area contributed by atoms with Gasteiger partial charge in [-0.2, -0.15) is 0 Å². The molecule has 0 spiro atoms. The summed E-state index contributed by atoms with van der Waals surface area (Å²) in [6.07, 6.45) is 1.78. The van der Waals surface area contributed by atoms with Gasteiger partial charge in [0.05, 0.1) is 12.5 Å². The number of aromatic nitrogens is 2. The first-order valence-corrected chi connectivity index (χ1v) is 13.0. The third-order valence-electron chi connectivity index (χ3n) is 7.45. The highest BCUT2D eigenvalue weighted by Gasteiger charge is 2.52. The molecule has 3 aromatic carbocycles. The van der Waals surface area contributed by atoms with Gasteiger partial charge in [-0.3, -0.25) is 10.1 Å². The van der Waals surface area contributed by atoms with E-state index in [9.17, 15) is 9.59 Å². The fraction of sp³-hybridized carbons (Fsp3) is 0.226. The Bertz CT molecular complexity index is 1700. The SMILES string of the molecule is COC(=O)C1(c2ccc(-c3ccc(-c4onc(C)c4NC(=O)OC(C)c4cccc5ocnc45)cc3)cc2)CC1. The third-order valence-corrected chi connectivity index (χ3v) is 7.45. The Balaban J connectivity index is 1.17. The van der Waals surface area contributed by atoms with Crippen LogP contribution in [-0.4, -0.2) is 29.3 Å². The van der Waals surface area contributed by atoms with Crippen LogP contribution in [0.4, 0.5) is 10.5 Å². The Hall–Kier alpha value is -4.92. The Labute approximate surface area is 230 Å². The van der Waals surface area contributed by atoms with E-state index >= 15 is 0 Å². The third kappa shape index (κ3) is 4.49. The summed E-state index contributed by atoms with van der Waals surface area (Å²) in [6.45, 7) is 3.52. The van der Waals surface area contributed by atoms with E-state index in [1.54, 1.807) is 19.9 Å². The van der Waals surface area contributed by atoms with Gasteiger partial charge < -0.3 is 18.4 Å². The number of oxazole rings is 1. The lowest BCUT2D eigenvalue weighted by Gasteiger charge is -2.14. The van der Waals surface area contributed by atoms with Gasteiger partial charge in [-0.1, -0.05) is 65.8 Å². The minimum atomic E-state index is -0.641. The molecule has 2 heterocycles. The van der Waals surface area contributed by atoms with E-state index < -0.39 is 17.6 Å². The number of esters is 1. The van der Waals surface area contributed by atoms with Crippen LogP contribution in [0.1, 0.15) is 42.7 Å². The zero-order valence-corrected chi connectivity index (χ0v) is 22.3. The van der Waals surface area contributed by atoms with Crippen LogP contribution in [0.5, 0.6) is 0 Å². The van der Waals surface area contributed by atoms with E-state index in [1.165, 1.54) is 13.5 Å². The second-order valence-corrected chi connectivity index (χ2v) is 9.92. The molecule has 1 aliphatic carbocycles. The van der Waals surface area contributed by atoms with Crippen LogP contribution >= 0.6 is 0 Å². The number of amides is 1. The van der Waals surface area contributed by atoms with Gasteiger partial charge in [-0.05, 0) is 49.4 Å². The van der Waals surface area contributed by atoms with Crippen molar-refractivity contribution in [2.75, 3.05) is 12.4 Å². The standard InChI is InChI=1S/C31H27N3O6/c1-18-26(33-30(36)39-19(2)24-5-4-6-25-27(24)32-17-38-25)28(40-34-18)22-9-7-20(8-10-22)21-11-13-23(14-12-21)31(15-16-31)29(35)37-3/h4-14,17,19H,15-16H2,1-3H3,(H,33,36). The zero-order chi connectivity index (χ0) is 27.9. The maximum Gasteiger partial charge on any atom is 0.412 e. The molecule has 40 heavy (non-hydrogen) atoms. The minimum Gasteiger partial charge on any atom is -0.468 e. The Morgan fingerprint density at radius 2 is 1.65 bits per heavy atom. The van der Waals surface area contributed by atoms with Gasteiger partial charge in [0.2, 0.25) is 0 Å². The molecular formula is C31H27N3O6. The first kappa shape index (κ1) is 25.4. The van der Waals surface area contributed by atoms with Gasteiger partial charge in [0, 0.05) is 11.1 Å². The Kier molecular flexibility index (Phi) is 6.34. The normalized spacial score (nSPS) is 14.5. The average molecular weight is 538 g/mol. The van der Waals surface area contributed by atoms with Crippen LogP contribution in [-0.2, 0) is 19.7 Å². The molecule has 6 rings (SSSR count). The van der Waals surface area contributed by atoms with E-state index in [1.807, 2.05) is 60.7 Å². The molecule has 0 saturated heterocycles. The first-order valence-electron chi connectivity index (χ1n) is 13.0. The summed E-state index contributed by atoms with van der Waals surface area (Å²) >= 11 is 0. The first-order chi connectivity index (χ1) is 19.4. The maximum atomic E-state index is 12.8. The molecule has 5 aromatic rings. The van der Waals surface area contributed by atoms with Crippen LogP contribution in [0, 0.1) is 6.92 Å². The van der Waals surface area contributed by atoms with Gasteiger partial charge in [0.25, 0.3) is 0 Å². The summed E-state index contributed by atoms with van der Waals surface area (Å²) in [4.78, 5) is 29.3. The number of rotatable bonds is 7. The lowest BCUT2D eigenvalue weighted by atomic mass is 9.93. The predicted octanol–water partition coefficient (Wildman–Crippen LogP) is 6.97. The molecule has 1 saturated carbocycles. The maximum absolute atomic E-state index is 12.8. The Morgan fingerprint density at radius 1 is 0.975 bits per heavy atom. The van der Waals surface area contributed by atoms with Crippen molar-refractivity contribution in [1.82, 2.24) is 10.1 Å². The highest BCUT2D eigenvalue weighted by atomic mass is 16.6. The van der Waals surface area contributed by atoms with Crippen LogP contribution < -0.4 is 5.32 Å². The minimum absolute atomic E-state index is 0.179. The highest BCUT2D eigenvalue weighted by molar-refractivity contribution is 5.91. The largest absolute Gasteiger partial charge is 0.468 e. The zero-order valence-electron chi connectivity index (χ0n) is 22.3. The number of para-hydroxylation sites is 1. The molecule has 0 bridgehead atoms. The quantitative estimate of drug-likeness (QED) is 0.221. The molecule has 202 valence electrons. The van der Waals surface area contributed by atoms with Gasteiger partial charge in [0.1, 0.15) is 23.0 Å². The lowest BCUT2D eigenvalue weighted by Crippen LogP contribution is -2.21. The smallest absolute Gasteiger partial charge is 0.412 e. The fourth-order valence-corrected chi connectivity index (χ4v) is 5.03. The number of nitrogens with one attached hydrogen (secondary N) is 1. The van der Waals surface area contributed by atoms with E-state index in [4.69, 9.17) is 18.4 Å². The van der Waals surface area contributed by atoms with Gasteiger partial charge in [-0.15, -0.1) is 0 Å². The number of carbonyl (C=O) groups excluding carboxylic acids is 2. The lowest BCUT2D eigenvalue weighted by molar-refractivity contribution is -0.143. The molecule has 1 N–H and O–H groups in total. The monoisotopic (exact) mass is 537 g/mol. The number of fused-ring (bicyclic) bond motifs is 1. The molecule has 1 atom stereocenters. The van der Waals surface area contributed by atoms with Gasteiger partial charge in [0.15, 0.2) is 17.7 Å². The summed E-state index contributed by atoms with van der Waals surface area (Å²) in [5.41, 5.74) is 6.22. The van der Waals surface area contributed by atoms with Crippen molar-refractivity contribution >= 4 is 28.8 Å². The Morgan fingerprint density at radius 3 is 2.33 bits per heavy atom. The number of nitrogens with zero attached hydrogens (tertiary/aromatic N) is 2. The van der Waals surface area contributed by atoms with Crippen LogP contribution in [0.3, 0.4) is 0 Å². The summed E-state index contributed by atoms with van der Waals surface area (Å²) in [6, 6.07) is 21.2. The van der Waals surface area contributed by atoms with Crippen molar-refractivity contribution < 1.29 is 28.0 Å². The van der Waals surface area contributed by atoms with E-state index in [2.05, 4.69) is 15.5 Å². The van der Waals surface area contributed by atoms with Crippen molar-refractivity contribution in [3.05, 3.63) is 89.9 Å². The number of ether oxygens (including phenoxy) is 2. The second-order valence-electron chi connectivity index (χ2n) is 9.92. The van der Waals surface area contributed by atoms with Gasteiger partial charge in [-0.25, -0.2) is 9.78 Å². The van der Waals surface area contributed by atoms with Crippen molar-refractivity contribution in [1.29, 1.82) is 0 Å². The highest BCUT2D eigenvalue weighted by Crippen LogP contribution is 2.49. The van der Waals surface area contributed by atoms with Crippen LogP contribution in [0.25, 0.3) is 33.6 Å². The predicted molar refractivity (Wildman–Crippen MR) is 148 cm³/mol. The molecular weight excluding hydrogens is 510 g/mol. The van der Waals surface area contributed by atoms with E-state index in [0.29, 0.717) is 28.2 Å². The number of hydrogen-bond donors (Lipinski definition) is 1. The van der Waals surface area contributed by atoms with Crippen LogP contribution in [0.15, 0.2) is 82.1 Å². The van der Waals surface area contributed by atoms with Crippen molar-refractivity contribution in [2.45, 2.75) is 38.2 Å². The molecule has 1 unspecified atom stereocenters. The number of hydrogen-bond acceptors (Lipinski definition) is 8. The molecule has 1 aliphatic rings. The molecule has 9 heteroatoms.